The fourth-order valence-electron chi connectivity index (χ4n) is 7.89. The molecule has 3 aliphatic rings. The van der Waals surface area contributed by atoms with Crippen molar-refractivity contribution in [3.63, 3.8) is 0 Å². The van der Waals surface area contributed by atoms with Crippen LogP contribution in [0.3, 0.4) is 0 Å². The van der Waals surface area contributed by atoms with Gasteiger partial charge in [0.1, 0.15) is 6.04 Å². The quantitative estimate of drug-likeness (QED) is 0.236. The van der Waals surface area contributed by atoms with Crippen LogP contribution in [0.1, 0.15) is 55.7 Å². The minimum absolute atomic E-state index is 0.140. The molecule has 1 atom stereocenters. The molecule has 0 saturated carbocycles. The fraction of sp³-hybridized carbons (Fsp3) is 0.486. The van der Waals surface area contributed by atoms with E-state index < -0.39 is 29.5 Å². The van der Waals surface area contributed by atoms with Gasteiger partial charge in [-0.1, -0.05) is 29.8 Å². The minimum atomic E-state index is -4.75. The molecule has 266 valence electrons. The number of urea groups is 1. The number of fused-ring (bicyclic) bond motifs is 3. The third-order valence-electron chi connectivity index (χ3n) is 10.5. The van der Waals surface area contributed by atoms with Crippen LogP contribution >= 0.6 is 11.6 Å². The first kappa shape index (κ1) is 34.2. The molecular weight excluding hydrogens is 673 g/mol. The van der Waals surface area contributed by atoms with Crippen molar-refractivity contribution in [1.82, 2.24) is 34.6 Å². The summed E-state index contributed by atoms with van der Waals surface area (Å²) in [5.41, 5.74) is 6.07. The third kappa shape index (κ3) is 6.74. The third-order valence-corrected chi connectivity index (χ3v) is 10.9. The maximum absolute atomic E-state index is 14.0. The van der Waals surface area contributed by atoms with Crippen molar-refractivity contribution < 1.29 is 22.8 Å². The molecule has 2 aromatic heterocycles. The molecule has 11 nitrogen and oxygen atoms in total. The molecule has 5 heterocycles. The number of para-hydroxylation sites is 1. The van der Waals surface area contributed by atoms with E-state index in [1.807, 2.05) is 24.3 Å². The van der Waals surface area contributed by atoms with Gasteiger partial charge in [-0.15, -0.1) is 0 Å². The fourth-order valence-corrected chi connectivity index (χ4v) is 8.13. The predicted molar refractivity (Wildman–Crippen MR) is 185 cm³/mol. The highest BCUT2D eigenvalue weighted by molar-refractivity contribution is 6.33. The second-order valence-electron chi connectivity index (χ2n) is 13.6. The minimum Gasteiger partial charge on any atom is -0.397 e. The number of anilines is 1. The molecule has 0 radical (unpaired) electrons. The zero-order chi connectivity index (χ0) is 35.2. The van der Waals surface area contributed by atoms with Gasteiger partial charge in [0.2, 0.25) is 5.91 Å². The molecule has 7 rings (SSSR count). The van der Waals surface area contributed by atoms with Gasteiger partial charge in [-0.3, -0.25) is 14.3 Å². The number of likely N-dealkylation sites (tertiary alicyclic amines) is 3. The van der Waals surface area contributed by atoms with Gasteiger partial charge in [-0.05, 0) is 75.4 Å². The summed E-state index contributed by atoms with van der Waals surface area (Å²) in [6.45, 7) is 3.72. The average Bonchev–Trinajstić information content (AvgIpc) is 3.77. The smallest absolute Gasteiger partial charge is 0.397 e. The number of hydrogen-bond acceptors (Lipinski definition) is 6. The van der Waals surface area contributed by atoms with Crippen molar-refractivity contribution >= 4 is 51.2 Å². The maximum Gasteiger partial charge on any atom is 0.418 e. The number of aromatic nitrogens is 3. The van der Waals surface area contributed by atoms with Gasteiger partial charge in [0.05, 0.1) is 39.0 Å². The second kappa shape index (κ2) is 13.8. The van der Waals surface area contributed by atoms with Crippen LogP contribution in [-0.2, 0) is 17.4 Å². The molecule has 4 N–H and O–H groups in total. The topological polar surface area (TPSA) is 133 Å². The number of benzene rings is 2. The van der Waals surface area contributed by atoms with E-state index in [1.54, 1.807) is 20.6 Å². The van der Waals surface area contributed by atoms with Crippen LogP contribution in [0.25, 0.3) is 21.9 Å². The number of pyridine rings is 1. The molecule has 15 heteroatoms. The van der Waals surface area contributed by atoms with Gasteiger partial charge in [0, 0.05) is 50.1 Å². The molecule has 3 fully saturated rings. The summed E-state index contributed by atoms with van der Waals surface area (Å²) in [7, 11) is 0. The van der Waals surface area contributed by atoms with E-state index in [-0.39, 0.29) is 34.6 Å². The second-order valence-corrected chi connectivity index (χ2v) is 14.0. The molecule has 0 bridgehead atoms. The molecule has 2 aromatic carbocycles. The number of piperidine rings is 2. The van der Waals surface area contributed by atoms with E-state index in [4.69, 9.17) is 17.3 Å². The number of hydrogen-bond donors (Lipinski definition) is 3. The lowest BCUT2D eigenvalue weighted by Crippen LogP contribution is -2.56. The number of nitrogens with one attached hydrogen (secondary N) is 2. The first-order valence-electron chi connectivity index (χ1n) is 17.2. The van der Waals surface area contributed by atoms with Crippen LogP contribution in [0, 0.1) is 0 Å². The lowest BCUT2D eigenvalue weighted by Gasteiger charge is -2.38. The maximum atomic E-state index is 14.0. The summed E-state index contributed by atoms with van der Waals surface area (Å²) in [6.07, 6.45) is 1.65. The van der Waals surface area contributed by atoms with E-state index in [1.165, 1.54) is 18.9 Å². The zero-order valence-electron chi connectivity index (χ0n) is 27.5. The zero-order valence-corrected chi connectivity index (χ0v) is 28.3. The Hall–Kier alpha value is -4.30. The summed E-state index contributed by atoms with van der Waals surface area (Å²) >= 11 is 6.12. The van der Waals surface area contributed by atoms with E-state index in [0.717, 1.165) is 42.9 Å². The van der Waals surface area contributed by atoms with Crippen molar-refractivity contribution in [2.45, 2.75) is 69.2 Å². The Morgan fingerprint density at radius 1 is 0.980 bits per heavy atom. The van der Waals surface area contributed by atoms with E-state index in [0.29, 0.717) is 56.1 Å². The van der Waals surface area contributed by atoms with Crippen LogP contribution in [0.15, 0.2) is 47.4 Å². The van der Waals surface area contributed by atoms with Gasteiger partial charge in [-0.25, -0.2) is 9.59 Å². The Balaban J connectivity index is 1.07. The Morgan fingerprint density at radius 3 is 2.34 bits per heavy atom. The summed E-state index contributed by atoms with van der Waals surface area (Å²) in [4.78, 5) is 54.1. The SMILES string of the molecule is Nc1c(Cl)cc(C[C@@H](NC(=O)N2CCC(n3c(=O)[nH]c4c5ccccc5ncc43)CC2)C(=O)N2CCC(N3CCCC3)CC2)cc1C(F)(F)F. The highest BCUT2D eigenvalue weighted by Crippen LogP contribution is 2.38. The Kier molecular flexibility index (Phi) is 9.42. The number of amides is 3. The van der Waals surface area contributed by atoms with Crippen molar-refractivity contribution in [2.24, 2.45) is 0 Å². The lowest BCUT2D eigenvalue weighted by atomic mass is 9.98. The van der Waals surface area contributed by atoms with Crippen LogP contribution in [0.4, 0.5) is 23.7 Å². The number of nitrogen functional groups attached to an aromatic ring is 1. The molecule has 0 aliphatic carbocycles. The highest BCUT2D eigenvalue weighted by Gasteiger charge is 2.37. The van der Waals surface area contributed by atoms with Gasteiger partial charge in [-0.2, -0.15) is 13.2 Å². The molecule has 0 unspecified atom stereocenters. The number of alkyl halides is 3. The van der Waals surface area contributed by atoms with Crippen LogP contribution in [-0.4, -0.2) is 92.5 Å². The largest absolute Gasteiger partial charge is 0.418 e. The van der Waals surface area contributed by atoms with E-state index >= 15 is 0 Å². The summed E-state index contributed by atoms with van der Waals surface area (Å²) < 4.78 is 43.1. The molecule has 50 heavy (non-hydrogen) atoms. The molecule has 3 amide bonds. The number of aromatic amines is 1. The standard InChI is InChI=1S/C35H40ClF3N8O3/c36-26-18-21(17-25(30(26)40)35(37,38)39)19-28(32(48)45-13-7-22(8-14-45)44-11-3-4-12-44)42-33(49)46-15-9-23(10-16-46)47-29-20-41-27-6-2-1-5-24(27)31(29)43-34(47)50/h1-2,5-6,17-18,20,22-23,28H,3-4,7-16,19,40H2,(H,42,49)(H,43,50)/t28-/m1/s1. The number of carbonyl (C=O) groups is 2. The monoisotopic (exact) mass is 712 g/mol. The van der Waals surface area contributed by atoms with Gasteiger partial charge >= 0.3 is 17.9 Å². The first-order valence-corrected chi connectivity index (χ1v) is 17.6. The molecular formula is C35H40ClF3N8O3. The number of nitrogens with zero attached hydrogens (tertiary/aromatic N) is 5. The summed E-state index contributed by atoms with van der Waals surface area (Å²) in [6, 6.07) is 8.37. The average molecular weight is 713 g/mol. The molecule has 3 aliphatic heterocycles. The number of carbonyl (C=O) groups excluding carboxylic acids is 2. The van der Waals surface area contributed by atoms with Crippen molar-refractivity contribution in [3.8, 4) is 0 Å². The summed E-state index contributed by atoms with van der Waals surface area (Å²) in [5, 5.41) is 3.43. The van der Waals surface area contributed by atoms with Gasteiger partial charge in [0.15, 0.2) is 0 Å². The number of rotatable bonds is 6. The van der Waals surface area contributed by atoms with Gasteiger partial charge in [0.25, 0.3) is 0 Å². The lowest BCUT2D eigenvalue weighted by molar-refractivity contribution is -0.137. The number of imidazole rings is 1. The van der Waals surface area contributed by atoms with Crippen molar-refractivity contribution in [3.05, 3.63) is 69.2 Å². The normalized spacial score (nSPS) is 19.0. The van der Waals surface area contributed by atoms with E-state index in [2.05, 4.69) is 20.2 Å². The first-order chi connectivity index (χ1) is 24.0. The molecule has 3 saturated heterocycles. The van der Waals surface area contributed by atoms with Crippen LogP contribution in [0.2, 0.25) is 5.02 Å². The number of halogens is 4. The molecule has 0 spiro atoms. The number of H-pyrrole nitrogens is 1. The Labute approximate surface area is 291 Å². The van der Waals surface area contributed by atoms with E-state index in [9.17, 15) is 27.6 Å². The highest BCUT2D eigenvalue weighted by atomic mass is 35.5. The Bertz CT molecular complexity index is 1960. The van der Waals surface area contributed by atoms with Crippen molar-refractivity contribution in [1.29, 1.82) is 0 Å². The summed E-state index contributed by atoms with van der Waals surface area (Å²) in [5.74, 6) is -0.348. The van der Waals surface area contributed by atoms with Crippen LogP contribution in [0.5, 0.6) is 0 Å². The molecule has 4 aromatic rings. The predicted octanol–water partition coefficient (Wildman–Crippen LogP) is 5.18. The van der Waals surface area contributed by atoms with Crippen molar-refractivity contribution in [2.75, 3.05) is 45.0 Å². The van der Waals surface area contributed by atoms with Crippen LogP contribution < -0.4 is 16.7 Å². The number of nitrogens with two attached hydrogens (primary N) is 1. The Morgan fingerprint density at radius 2 is 1.64 bits per heavy atom. The van der Waals surface area contributed by atoms with Gasteiger partial charge < -0.3 is 30.7 Å².